The second kappa shape index (κ2) is 6.32. The molecule has 1 saturated carbocycles. The molecule has 4 atom stereocenters. The van der Waals surface area contributed by atoms with E-state index < -0.39 is 6.10 Å². The van der Waals surface area contributed by atoms with E-state index in [0.29, 0.717) is 5.92 Å². The highest BCUT2D eigenvalue weighted by Crippen LogP contribution is 2.59. The van der Waals surface area contributed by atoms with Gasteiger partial charge in [0.2, 0.25) is 0 Å². The molecule has 126 valence electrons. The lowest BCUT2D eigenvalue weighted by atomic mass is 9.49. The molecule has 1 fully saturated rings. The molecule has 0 bridgehead atoms. The average molecular weight is 310 g/mol. The second-order valence-corrected chi connectivity index (χ2v) is 7.98. The Balaban J connectivity index is 2.23. The summed E-state index contributed by atoms with van der Waals surface area (Å²) in [5, 5.41) is 18.3. The monoisotopic (exact) mass is 310 g/mol. The normalized spacial score (nSPS) is 35.3. The highest BCUT2D eigenvalue weighted by atomic mass is 16.5. The molecule has 0 aromatic carbocycles. The minimum absolute atomic E-state index is 0.0815. The summed E-state index contributed by atoms with van der Waals surface area (Å²) in [5.74, 6) is -0.0272. The Hall–Kier alpha value is -0.870. The van der Waals surface area contributed by atoms with Gasteiger partial charge in [0, 0.05) is 0 Å². The predicted molar refractivity (Wildman–Crippen MR) is 85.1 cm³/mol. The number of fused-ring (bicyclic) bond motifs is 1. The Morgan fingerprint density at radius 2 is 2.09 bits per heavy atom. The van der Waals surface area contributed by atoms with Crippen molar-refractivity contribution in [2.75, 3.05) is 13.2 Å². The fraction of sp³-hybridized carbons (Fsp3) is 0.833. The predicted octanol–water partition coefficient (Wildman–Crippen LogP) is 2.68. The maximum atomic E-state index is 12.6. The van der Waals surface area contributed by atoms with E-state index in [1.807, 2.05) is 6.92 Å². The molecule has 0 amide bonds. The number of carbonyl (C=O) groups is 1. The molecule has 0 aromatic rings. The van der Waals surface area contributed by atoms with Gasteiger partial charge in [0.25, 0.3) is 0 Å². The Bertz CT molecular complexity index is 454. The smallest absolute Gasteiger partial charge is 0.313 e. The Morgan fingerprint density at radius 1 is 1.41 bits per heavy atom. The van der Waals surface area contributed by atoms with Crippen LogP contribution in [0.15, 0.2) is 11.6 Å². The summed E-state index contributed by atoms with van der Waals surface area (Å²) < 4.78 is 5.30. The minimum atomic E-state index is -0.997. The van der Waals surface area contributed by atoms with Gasteiger partial charge in [0.05, 0.1) is 12.5 Å². The zero-order valence-corrected chi connectivity index (χ0v) is 14.3. The van der Waals surface area contributed by atoms with Crippen LogP contribution in [-0.2, 0) is 9.53 Å². The van der Waals surface area contributed by atoms with Crippen molar-refractivity contribution in [2.24, 2.45) is 22.7 Å². The summed E-state index contributed by atoms with van der Waals surface area (Å²) in [6, 6.07) is 0. The molecule has 22 heavy (non-hydrogen) atoms. The van der Waals surface area contributed by atoms with Crippen LogP contribution in [0.25, 0.3) is 0 Å². The van der Waals surface area contributed by atoms with E-state index in [0.717, 1.165) is 24.8 Å². The highest BCUT2D eigenvalue weighted by molar-refractivity contribution is 5.77. The molecule has 0 heterocycles. The van der Waals surface area contributed by atoms with Gasteiger partial charge in [-0.05, 0) is 42.9 Å². The zero-order chi connectivity index (χ0) is 16.5. The van der Waals surface area contributed by atoms with E-state index in [1.165, 1.54) is 6.42 Å². The van der Waals surface area contributed by atoms with Gasteiger partial charge in [-0.1, -0.05) is 38.8 Å². The number of esters is 1. The Labute approximate surface area is 133 Å². The number of aliphatic hydroxyl groups is 2. The lowest BCUT2D eigenvalue weighted by Gasteiger charge is -2.55. The summed E-state index contributed by atoms with van der Waals surface area (Å²) in [5.41, 5.74) is 1.23. The maximum absolute atomic E-state index is 12.6. The third-order valence-electron chi connectivity index (χ3n) is 5.93. The average Bonchev–Trinajstić information content (AvgIpc) is 2.43. The van der Waals surface area contributed by atoms with Gasteiger partial charge >= 0.3 is 5.97 Å². The van der Waals surface area contributed by atoms with Gasteiger partial charge in [-0.3, -0.25) is 4.79 Å². The molecule has 2 N–H and O–H groups in total. The quantitative estimate of drug-likeness (QED) is 0.619. The van der Waals surface area contributed by atoms with E-state index in [9.17, 15) is 9.90 Å². The third kappa shape index (κ3) is 3.09. The molecule has 0 spiro atoms. The van der Waals surface area contributed by atoms with Crippen molar-refractivity contribution in [3.05, 3.63) is 11.6 Å². The number of ether oxygens (including phenoxy) is 1. The van der Waals surface area contributed by atoms with Crippen molar-refractivity contribution < 1.29 is 19.7 Å². The summed E-state index contributed by atoms with van der Waals surface area (Å²) in [6.45, 7) is 8.33. The second-order valence-electron chi connectivity index (χ2n) is 7.98. The van der Waals surface area contributed by atoms with Gasteiger partial charge in [-0.2, -0.15) is 0 Å². The van der Waals surface area contributed by atoms with Crippen LogP contribution in [0.4, 0.5) is 0 Å². The first-order valence-electron chi connectivity index (χ1n) is 8.34. The van der Waals surface area contributed by atoms with E-state index >= 15 is 0 Å². The van der Waals surface area contributed by atoms with Crippen molar-refractivity contribution in [3.8, 4) is 0 Å². The molecule has 0 radical (unpaired) electrons. The number of aliphatic hydroxyl groups excluding tert-OH is 2. The van der Waals surface area contributed by atoms with Crippen LogP contribution in [0.5, 0.6) is 0 Å². The van der Waals surface area contributed by atoms with Crippen molar-refractivity contribution in [3.63, 3.8) is 0 Å². The molecule has 0 saturated heterocycles. The largest absolute Gasteiger partial charge is 0.462 e. The van der Waals surface area contributed by atoms with E-state index in [1.54, 1.807) is 0 Å². The van der Waals surface area contributed by atoms with E-state index in [4.69, 9.17) is 9.84 Å². The van der Waals surface area contributed by atoms with Crippen LogP contribution in [0.3, 0.4) is 0 Å². The molecular formula is C18H30O4. The molecule has 2 aliphatic carbocycles. The molecule has 4 nitrogen and oxygen atoms in total. The summed E-state index contributed by atoms with van der Waals surface area (Å²) in [7, 11) is 0. The van der Waals surface area contributed by atoms with E-state index in [-0.39, 0.29) is 35.9 Å². The molecule has 0 aliphatic heterocycles. The first kappa shape index (κ1) is 17.5. The van der Waals surface area contributed by atoms with Gasteiger partial charge in [0.1, 0.15) is 12.7 Å². The number of rotatable bonds is 4. The van der Waals surface area contributed by atoms with Crippen LogP contribution < -0.4 is 0 Å². The maximum Gasteiger partial charge on any atom is 0.313 e. The highest BCUT2D eigenvalue weighted by Gasteiger charge is 2.54. The van der Waals surface area contributed by atoms with Crippen molar-refractivity contribution >= 4 is 5.97 Å². The number of hydrogen-bond acceptors (Lipinski definition) is 4. The lowest BCUT2D eigenvalue weighted by Crippen LogP contribution is -2.51. The first-order chi connectivity index (χ1) is 10.2. The number of hydrogen-bond donors (Lipinski definition) is 2. The van der Waals surface area contributed by atoms with E-state index in [2.05, 4.69) is 26.8 Å². The fourth-order valence-corrected chi connectivity index (χ4v) is 4.81. The Morgan fingerprint density at radius 3 is 2.73 bits per heavy atom. The van der Waals surface area contributed by atoms with Gasteiger partial charge < -0.3 is 14.9 Å². The number of allylic oxidation sites excluding steroid dienone is 1. The van der Waals surface area contributed by atoms with Crippen molar-refractivity contribution in [1.29, 1.82) is 0 Å². The molecule has 0 aromatic heterocycles. The lowest BCUT2D eigenvalue weighted by molar-refractivity contribution is -0.161. The first-order valence-corrected chi connectivity index (χ1v) is 8.34. The van der Waals surface area contributed by atoms with Crippen LogP contribution in [0.1, 0.15) is 53.4 Å². The third-order valence-corrected chi connectivity index (χ3v) is 5.93. The summed E-state index contributed by atoms with van der Waals surface area (Å²) in [6.07, 6.45) is 5.59. The van der Waals surface area contributed by atoms with Gasteiger partial charge in [0.15, 0.2) is 0 Å². The zero-order valence-electron chi connectivity index (χ0n) is 14.3. The van der Waals surface area contributed by atoms with Crippen LogP contribution in [-0.4, -0.2) is 35.5 Å². The van der Waals surface area contributed by atoms with Crippen molar-refractivity contribution in [2.45, 2.75) is 59.5 Å². The topological polar surface area (TPSA) is 66.8 Å². The Kier molecular flexibility index (Phi) is 5.03. The summed E-state index contributed by atoms with van der Waals surface area (Å²) in [4.78, 5) is 12.6. The molecule has 2 aliphatic rings. The van der Waals surface area contributed by atoms with Crippen LogP contribution >= 0.6 is 0 Å². The number of carbonyl (C=O) groups excluding carboxylic acids is 1. The standard InChI is InChI=1S/C18H30O4/c1-12-6-7-14-17(2,3)8-5-9-18(14,4)15(12)16(21)22-11-13(20)10-19/h6,13-15,19-20H,5,7-11H2,1-4H3/t13-,14+,15+,18+/m1/s1. The fourth-order valence-electron chi connectivity index (χ4n) is 4.81. The summed E-state index contributed by atoms with van der Waals surface area (Å²) >= 11 is 0. The molecule has 0 unspecified atom stereocenters. The van der Waals surface area contributed by atoms with Gasteiger partial charge in [-0.15, -0.1) is 0 Å². The van der Waals surface area contributed by atoms with Crippen LogP contribution in [0, 0.1) is 22.7 Å². The van der Waals surface area contributed by atoms with Crippen molar-refractivity contribution in [1.82, 2.24) is 0 Å². The SMILES string of the molecule is CC1=CC[C@H]2C(C)(C)CCC[C@]2(C)[C@@H]1C(=O)OC[C@H](O)CO. The molecule has 4 heteroatoms. The molecule has 2 rings (SSSR count). The van der Waals surface area contributed by atoms with Crippen LogP contribution in [0.2, 0.25) is 0 Å². The van der Waals surface area contributed by atoms with Gasteiger partial charge in [-0.25, -0.2) is 0 Å². The molecular weight excluding hydrogens is 280 g/mol. The minimum Gasteiger partial charge on any atom is -0.462 e.